The Hall–Kier alpha value is -1.84. The van der Waals surface area contributed by atoms with Gasteiger partial charge in [0.05, 0.1) is 12.3 Å². The first-order valence-corrected chi connectivity index (χ1v) is 7.55. The lowest BCUT2D eigenvalue weighted by molar-refractivity contribution is 0.304. The van der Waals surface area contributed by atoms with Gasteiger partial charge >= 0.3 is 0 Å². The van der Waals surface area contributed by atoms with Crippen LogP contribution in [0.15, 0.2) is 24.3 Å². The molecule has 1 heterocycles. The van der Waals surface area contributed by atoms with Crippen LogP contribution < -0.4 is 4.74 Å². The van der Waals surface area contributed by atoms with Crippen LogP contribution in [0.2, 0.25) is 0 Å². The van der Waals surface area contributed by atoms with Crippen molar-refractivity contribution in [2.24, 2.45) is 0 Å². The van der Waals surface area contributed by atoms with Crippen molar-refractivity contribution in [3.63, 3.8) is 0 Å². The molecule has 0 atom stereocenters. The van der Waals surface area contributed by atoms with E-state index < -0.39 is 0 Å². The first-order chi connectivity index (χ1) is 10.2. The van der Waals surface area contributed by atoms with Crippen LogP contribution in [0.1, 0.15) is 42.6 Å². The number of H-pyrrole nitrogens is 1. The highest BCUT2D eigenvalue weighted by atomic mass is 19.1. The highest BCUT2D eigenvalue weighted by Gasteiger charge is 2.05. The van der Waals surface area contributed by atoms with E-state index in [1.54, 1.807) is 12.1 Å². The molecule has 1 N–H and O–H groups in total. The summed E-state index contributed by atoms with van der Waals surface area (Å²) in [4.78, 5) is 0. The molecule has 0 amide bonds. The topological polar surface area (TPSA) is 37.9 Å². The number of nitrogens with zero attached hydrogens (tertiary/aromatic N) is 1. The number of hydrogen-bond acceptors (Lipinski definition) is 2. The number of halogens is 1. The van der Waals surface area contributed by atoms with Crippen molar-refractivity contribution >= 4 is 0 Å². The average Bonchev–Trinajstić information content (AvgIpc) is 2.79. The zero-order valence-electron chi connectivity index (χ0n) is 12.8. The minimum absolute atomic E-state index is 0.229. The zero-order valence-corrected chi connectivity index (χ0v) is 12.8. The van der Waals surface area contributed by atoms with Gasteiger partial charge in [0.25, 0.3) is 0 Å². The zero-order chi connectivity index (χ0) is 15.1. The van der Waals surface area contributed by atoms with Crippen molar-refractivity contribution in [2.45, 2.75) is 46.0 Å². The molecule has 0 aliphatic carbocycles. The van der Waals surface area contributed by atoms with Crippen molar-refractivity contribution < 1.29 is 9.13 Å². The summed E-state index contributed by atoms with van der Waals surface area (Å²) in [5.41, 5.74) is 3.66. The Morgan fingerprint density at radius 3 is 2.43 bits per heavy atom. The van der Waals surface area contributed by atoms with Crippen LogP contribution in [-0.2, 0) is 6.42 Å². The number of hydrogen-bond donors (Lipinski definition) is 1. The Labute approximate surface area is 125 Å². The summed E-state index contributed by atoms with van der Waals surface area (Å²) in [6.07, 6.45) is 5.64. The number of nitrogens with one attached hydrogen (secondary N) is 1. The third kappa shape index (κ3) is 4.88. The predicted octanol–water partition coefficient (Wildman–Crippen LogP) is 4.35. The predicted molar refractivity (Wildman–Crippen MR) is 82.1 cm³/mol. The Kier molecular flexibility index (Phi) is 5.78. The van der Waals surface area contributed by atoms with Gasteiger partial charge in [0.1, 0.15) is 11.6 Å². The number of unbranched alkanes of at least 4 members (excludes halogenated alkanes) is 3. The van der Waals surface area contributed by atoms with Crippen molar-refractivity contribution in [3.8, 4) is 5.75 Å². The molecule has 2 aromatic rings. The lowest BCUT2D eigenvalue weighted by atomic mass is 10.0. The third-order valence-corrected chi connectivity index (χ3v) is 3.68. The Bertz CT molecular complexity index is 529. The van der Waals surface area contributed by atoms with Gasteiger partial charge < -0.3 is 4.74 Å². The van der Waals surface area contributed by atoms with Crippen LogP contribution in [0, 0.1) is 19.7 Å². The number of aromatic amines is 1. The molecule has 0 aliphatic heterocycles. The normalized spacial score (nSPS) is 10.8. The molecule has 1 aromatic carbocycles. The quantitative estimate of drug-likeness (QED) is 0.734. The number of ether oxygens (including phenoxy) is 1. The second-order valence-corrected chi connectivity index (χ2v) is 5.38. The van der Waals surface area contributed by atoms with E-state index in [0.29, 0.717) is 6.61 Å². The lowest BCUT2D eigenvalue weighted by Crippen LogP contribution is -1.97. The van der Waals surface area contributed by atoms with Gasteiger partial charge in [0.2, 0.25) is 0 Å². The van der Waals surface area contributed by atoms with E-state index in [4.69, 9.17) is 4.74 Å². The van der Waals surface area contributed by atoms with Crippen LogP contribution in [0.3, 0.4) is 0 Å². The number of rotatable bonds is 8. The molecule has 0 spiro atoms. The van der Waals surface area contributed by atoms with Crippen molar-refractivity contribution in [2.75, 3.05) is 6.61 Å². The molecular formula is C17H23FN2O. The summed E-state index contributed by atoms with van der Waals surface area (Å²) >= 11 is 0. The summed E-state index contributed by atoms with van der Waals surface area (Å²) in [6.45, 7) is 4.82. The van der Waals surface area contributed by atoms with Crippen LogP contribution in [0.4, 0.5) is 4.39 Å². The van der Waals surface area contributed by atoms with E-state index in [0.717, 1.165) is 30.7 Å². The third-order valence-electron chi connectivity index (χ3n) is 3.68. The van der Waals surface area contributed by atoms with E-state index in [1.165, 1.54) is 36.2 Å². The van der Waals surface area contributed by atoms with Crippen LogP contribution in [0.25, 0.3) is 0 Å². The molecule has 0 saturated carbocycles. The van der Waals surface area contributed by atoms with Gasteiger partial charge in [-0.25, -0.2) is 4.39 Å². The highest BCUT2D eigenvalue weighted by molar-refractivity contribution is 5.23. The Morgan fingerprint density at radius 1 is 1.05 bits per heavy atom. The summed E-state index contributed by atoms with van der Waals surface area (Å²) < 4.78 is 18.3. The van der Waals surface area contributed by atoms with E-state index in [2.05, 4.69) is 24.0 Å². The molecule has 0 unspecified atom stereocenters. The standard InChI is InChI=1S/C17H23FN2O/c1-13-17(14(2)20-19-13)7-5-3-4-6-12-21-16-10-8-15(18)9-11-16/h8-11H,3-7,12H2,1-2H3,(H,19,20). The average molecular weight is 290 g/mol. The minimum atomic E-state index is -0.229. The molecule has 3 nitrogen and oxygen atoms in total. The molecular weight excluding hydrogens is 267 g/mol. The highest BCUT2D eigenvalue weighted by Crippen LogP contribution is 2.15. The number of benzene rings is 1. The fraction of sp³-hybridized carbons (Fsp3) is 0.471. The molecule has 0 fully saturated rings. The molecule has 0 bridgehead atoms. The number of aryl methyl sites for hydroxylation is 2. The van der Waals surface area contributed by atoms with E-state index >= 15 is 0 Å². The smallest absolute Gasteiger partial charge is 0.123 e. The van der Waals surface area contributed by atoms with Gasteiger partial charge in [-0.05, 0) is 62.9 Å². The van der Waals surface area contributed by atoms with E-state index in [1.807, 2.05) is 0 Å². The largest absolute Gasteiger partial charge is 0.494 e. The molecule has 21 heavy (non-hydrogen) atoms. The number of aromatic nitrogens is 2. The minimum Gasteiger partial charge on any atom is -0.494 e. The van der Waals surface area contributed by atoms with Gasteiger partial charge in [-0.2, -0.15) is 5.10 Å². The van der Waals surface area contributed by atoms with E-state index in [9.17, 15) is 4.39 Å². The monoisotopic (exact) mass is 290 g/mol. The van der Waals surface area contributed by atoms with Gasteiger partial charge in [0.15, 0.2) is 0 Å². The molecule has 0 radical (unpaired) electrons. The second kappa shape index (κ2) is 7.81. The van der Waals surface area contributed by atoms with Crippen LogP contribution in [0.5, 0.6) is 5.75 Å². The van der Waals surface area contributed by atoms with Crippen LogP contribution in [-0.4, -0.2) is 16.8 Å². The first-order valence-electron chi connectivity index (χ1n) is 7.55. The maximum Gasteiger partial charge on any atom is 0.123 e. The molecule has 114 valence electrons. The second-order valence-electron chi connectivity index (χ2n) is 5.38. The summed E-state index contributed by atoms with van der Waals surface area (Å²) in [6, 6.07) is 6.18. The first kappa shape index (κ1) is 15.5. The Balaban J connectivity index is 1.55. The van der Waals surface area contributed by atoms with Gasteiger partial charge in [0, 0.05) is 5.69 Å². The molecule has 4 heteroatoms. The summed E-state index contributed by atoms with van der Waals surface area (Å²) in [7, 11) is 0. The summed E-state index contributed by atoms with van der Waals surface area (Å²) in [5.74, 6) is 0.508. The van der Waals surface area contributed by atoms with Crippen molar-refractivity contribution in [3.05, 3.63) is 47.0 Å². The Morgan fingerprint density at radius 2 is 1.76 bits per heavy atom. The van der Waals surface area contributed by atoms with Crippen LogP contribution >= 0.6 is 0 Å². The maximum atomic E-state index is 12.7. The lowest BCUT2D eigenvalue weighted by Gasteiger charge is -2.06. The molecule has 0 saturated heterocycles. The van der Waals surface area contributed by atoms with Gasteiger partial charge in [-0.1, -0.05) is 12.8 Å². The fourth-order valence-corrected chi connectivity index (χ4v) is 2.42. The van der Waals surface area contributed by atoms with Crippen molar-refractivity contribution in [1.29, 1.82) is 0 Å². The van der Waals surface area contributed by atoms with Gasteiger partial charge in [-0.3, -0.25) is 5.10 Å². The van der Waals surface area contributed by atoms with E-state index in [-0.39, 0.29) is 5.82 Å². The summed E-state index contributed by atoms with van der Waals surface area (Å²) in [5, 5.41) is 7.24. The SMILES string of the molecule is Cc1n[nH]c(C)c1CCCCCCOc1ccc(F)cc1. The van der Waals surface area contributed by atoms with Crippen molar-refractivity contribution in [1.82, 2.24) is 10.2 Å². The van der Waals surface area contributed by atoms with Gasteiger partial charge in [-0.15, -0.1) is 0 Å². The molecule has 1 aromatic heterocycles. The maximum absolute atomic E-state index is 12.7. The molecule has 2 rings (SSSR count). The molecule has 0 aliphatic rings. The fourth-order valence-electron chi connectivity index (χ4n) is 2.42.